The number of para-hydroxylation sites is 1. The monoisotopic (exact) mass is 882 g/mol. The molecule has 0 N–H and O–H groups in total. The topological polar surface area (TPSA) is 20.6 Å². The van der Waals surface area contributed by atoms with Crippen molar-refractivity contribution in [2.24, 2.45) is 0 Å². The second-order valence-corrected chi connectivity index (χ2v) is 24.4. The maximum atomic E-state index is 7.02. The number of aromatic nitrogens is 1. The maximum Gasteiger partial charge on any atom is 0.256 e. The first-order valence-corrected chi connectivity index (χ1v) is 24.4. The van der Waals surface area contributed by atoms with E-state index < -0.39 is 0 Å². The minimum atomic E-state index is -0.242. The van der Waals surface area contributed by atoms with Crippen LogP contribution in [0.5, 0.6) is 11.5 Å². The molecule has 340 valence electrons. The van der Waals surface area contributed by atoms with Crippen LogP contribution < -0.4 is 30.9 Å². The summed E-state index contributed by atoms with van der Waals surface area (Å²) < 4.78 is 9.62. The van der Waals surface area contributed by atoms with Gasteiger partial charge in [-0.1, -0.05) is 156 Å². The van der Waals surface area contributed by atoms with Crippen LogP contribution in [0.2, 0.25) is 0 Å². The Bertz CT molecular complexity index is 3150. The Morgan fingerprint density at radius 3 is 1.52 bits per heavy atom. The zero-order valence-electron chi connectivity index (χ0n) is 42.6. The predicted octanol–water partition coefficient (Wildman–Crippen LogP) is 15.6. The molecule has 10 rings (SSSR count). The first-order valence-electron chi connectivity index (χ1n) is 24.4. The Morgan fingerprint density at radius 2 is 0.985 bits per heavy atom. The van der Waals surface area contributed by atoms with E-state index in [9.17, 15) is 0 Å². The van der Waals surface area contributed by atoms with E-state index in [1.165, 1.54) is 66.1 Å². The van der Waals surface area contributed by atoms with Gasteiger partial charge in [0.05, 0.1) is 16.9 Å². The molecule has 0 unspecified atom stereocenters. The van der Waals surface area contributed by atoms with Crippen LogP contribution in [-0.4, -0.2) is 11.3 Å². The molecule has 67 heavy (non-hydrogen) atoms. The van der Waals surface area contributed by atoms with Crippen molar-refractivity contribution in [1.29, 1.82) is 0 Å². The van der Waals surface area contributed by atoms with Crippen LogP contribution in [0.25, 0.3) is 21.8 Å². The van der Waals surface area contributed by atoms with Gasteiger partial charge in [-0.05, 0) is 148 Å². The highest BCUT2D eigenvalue weighted by Crippen LogP contribution is 2.54. The number of anilines is 6. The highest BCUT2D eigenvalue weighted by atomic mass is 16.5. The molecule has 7 aromatic carbocycles. The first-order chi connectivity index (χ1) is 31.4. The lowest BCUT2D eigenvalue weighted by Crippen LogP contribution is -2.60. The minimum Gasteiger partial charge on any atom is -0.458 e. The first kappa shape index (κ1) is 44.6. The number of hydrogen-bond donors (Lipinski definition) is 0. The van der Waals surface area contributed by atoms with Gasteiger partial charge in [0.15, 0.2) is 0 Å². The van der Waals surface area contributed by atoms with E-state index in [0.29, 0.717) is 0 Å². The van der Waals surface area contributed by atoms with E-state index in [2.05, 4.69) is 258 Å². The Labute approximate surface area is 400 Å². The molecule has 0 bridgehead atoms. The Morgan fingerprint density at radius 1 is 0.463 bits per heavy atom. The highest BCUT2D eigenvalue weighted by Gasteiger charge is 2.45. The summed E-state index contributed by atoms with van der Waals surface area (Å²) in [6, 6.07) is 53.3. The molecule has 0 saturated carbocycles. The lowest BCUT2D eigenvalue weighted by Gasteiger charge is -2.43. The van der Waals surface area contributed by atoms with Crippen molar-refractivity contribution in [3.8, 4) is 11.5 Å². The number of rotatable bonds is 4. The number of nitrogens with zero attached hydrogens (tertiary/aromatic N) is 3. The highest BCUT2D eigenvalue weighted by molar-refractivity contribution is 6.99. The summed E-state index contributed by atoms with van der Waals surface area (Å²) >= 11 is 0. The molecule has 0 amide bonds. The van der Waals surface area contributed by atoms with Crippen molar-refractivity contribution < 1.29 is 4.74 Å². The largest absolute Gasteiger partial charge is 0.458 e. The van der Waals surface area contributed by atoms with Crippen molar-refractivity contribution in [3.05, 3.63) is 162 Å². The molecule has 4 nitrogen and oxygen atoms in total. The summed E-state index contributed by atoms with van der Waals surface area (Å²) in [7, 11) is 0. The lowest BCUT2D eigenvalue weighted by atomic mass is 9.34. The van der Waals surface area contributed by atoms with Gasteiger partial charge in [0, 0.05) is 44.6 Å². The van der Waals surface area contributed by atoms with Crippen LogP contribution in [0.1, 0.15) is 126 Å². The second-order valence-electron chi connectivity index (χ2n) is 24.4. The maximum absolute atomic E-state index is 7.02. The summed E-state index contributed by atoms with van der Waals surface area (Å²) in [5, 5.41) is 2.47. The van der Waals surface area contributed by atoms with Crippen molar-refractivity contribution in [1.82, 2.24) is 4.57 Å². The Kier molecular flexibility index (Phi) is 10.1. The van der Waals surface area contributed by atoms with E-state index >= 15 is 0 Å². The van der Waals surface area contributed by atoms with Crippen molar-refractivity contribution in [2.45, 2.75) is 131 Å². The summed E-state index contributed by atoms with van der Waals surface area (Å²) in [4.78, 5) is 5.15. The molecule has 1 aromatic heterocycles. The van der Waals surface area contributed by atoms with Gasteiger partial charge in [-0.2, -0.15) is 0 Å². The van der Waals surface area contributed by atoms with Crippen LogP contribution >= 0.6 is 0 Å². The van der Waals surface area contributed by atoms with Gasteiger partial charge in [-0.15, -0.1) is 0 Å². The molecular weight excluding hydrogens is 814 g/mol. The van der Waals surface area contributed by atoms with Gasteiger partial charge in [-0.25, -0.2) is 0 Å². The molecule has 0 radical (unpaired) electrons. The molecule has 3 heterocycles. The zero-order valence-corrected chi connectivity index (χ0v) is 42.6. The quantitative estimate of drug-likeness (QED) is 0.164. The van der Waals surface area contributed by atoms with Gasteiger partial charge < -0.3 is 19.1 Å². The third-order valence-corrected chi connectivity index (χ3v) is 14.3. The van der Waals surface area contributed by atoms with E-state index in [1.807, 2.05) is 0 Å². The van der Waals surface area contributed by atoms with Crippen LogP contribution in [-0.2, 0) is 27.2 Å². The molecule has 0 spiro atoms. The van der Waals surface area contributed by atoms with E-state index in [1.54, 1.807) is 0 Å². The predicted molar refractivity (Wildman–Crippen MR) is 290 cm³/mol. The van der Waals surface area contributed by atoms with Crippen LogP contribution in [0, 0.1) is 0 Å². The van der Waals surface area contributed by atoms with E-state index in [4.69, 9.17) is 4.74 Å². The fourth-order valence-electron chi connectivity index (χ4n) is 10.7. The molecule has 5 heteroatoms. The smallest absolute Gasteiger partial charge is 0.256 e. The molecule has 8 aromatic rings. The van der Waals surface area contributed by atoms with Gasteiger partial charge in [0.1, 0.15) is 11.5 Å². The third kappa shape index (κ3) is 7.45. The third-order valence-electron chi connectivity index (χ3n) is 14.3. The van der Waals surface area contributed by atoms with Crippen molar-refractivity contribution in [3.63, 3.8) is 0 Å². The summed E-state index contributed by atoms with van der Waals surface area (Å²) in [6.45, 7) is 34.6. The van der Waals surface area contributed by atoms with Crippen LogP contribution in [0.3, 0.4) is 0 Å². The lowest BCUT2D eigenvalue weighted by molar-refractivity contribution is 0.423. The molecule has 2 aliphatic rings. The van der Waals surface area contributed by atoms with Gasteiger partial charge in [-0.3, -0.25) is 0 Å². The zero-order chi connectivity index (χ0) is 47.7. The minimum absolute atomic E-state index is 0.000995. The van der Waals surface area contributed by atoms with Gasteiger partial charge in [0.25, 0.3) is 6.71 Å². The molecule has 0 atom stereocenters. The molecule has 0 aliphatic carbocycles. The SMILES string of the molecule is CC(C)(C)c1ccc(N2c3cccc4c3B(c3cc(C(C)(C)C)ccc3O4)c3cc4c(c(N(c5ccc(C(C)(C)C)cc5)c5ccc(C(C)(C)C)cc5)c32)c2ccccc2n4C(C)(C)C)cc1. The standard InChI is InChI=1S/C62H68BN3O/c1-58(2,3)39-23-30-43(31-24-39)64(44-32-25-40(26-33-44)59(4,5)6)57-54-46-19-16-17-20-49(46)66(62(13,14)15)51(54)38-48-56(57)65(45-34-27-41(28-35-45)60(7,8)9)50-21-18-22-53-55(50)63(48)47-37-42(61(10,11)12)29-36-52(47)67-53/h16-38H,1-15H3. The number of hydrogen-bond acceptors (Lipinski definition) is 3. The van der Waals surface area contributed by atoms with Crippen molar-refractivity contribution in [2.75, 3.05) is 9.80 Å². The molecular formula is C62H68BN3O. The van der Waals surface area contributed by atoms with Gasteiger partial charge >= 0.3 is 0 Å². The van der Waals surface area contributed by atoms with E-state index in [-0.39, 0.29) is 33.9 Å². The Balaban J connectivity index is 1.43. The normalized spacial score (nSPS) is 14.0. The fraction of sp³-hybridized carbons (Fsp3) is 0.323. The van der Waals surface area contributed by atoms with Crippen LogP contribution in [0.15, 0.2) is 140 Å². The summed E-state index contributed by atoms with van der Waals surface area (Å²) in [6.07, 6.45) is 0. The fourth-order valence-corrected chi connectivity index (χ4v) is 10.7. The molecule has 0 fully saturated rings. The number of ether oxygens (including phenoxy) is 1. The average molecular weight is 882 g/mol. The number of fused-ring (bicyclic) bond motifs is 7. The van der Waals surface area contributed by atoms with Crippen LogP contribution in [0.4, 0.5) is 34.1 Å². The van der Waals surface area contributed by atoms with Gasteiger partial charge in [0.2, 0.25) is 0 Å². The summed E-state index contributed by atoms with van der Waals surface area (Å²) in [5.74, 6) is 1.83. The second kappa shape index (κ2) is 15.2. The van der Waals surface area contributed by atoms with E-state index in [0.717, 1.165) is 39.9 Å². The number of benzene rings is 7. The molecule has 2 aliphatic heterocycles. The average Bonchev–Trinajstić information content (AvgIpc) is 3.60. The molecule has 0 saturated heterocycles. The van der Waals surface area contributed by atoms with Crippen molar-refractivity contribution >= 4 is 79.0 Å². The Hall–Kier alpha value is -6.20. The summed E-state index contributed by atoms with van der Waals surface area (Å²) in [5.41, 5.74) is 17.8.